The van der Waals surface area contributed by atoms with Crippen LogP contribution >= 0.6 is 11.8 Å². The first-order valence-electron chi connectivity index (χ1n) is 9.76. The van der Waals surface area contributed by atoms with Crippen LogP contribution in [0.4, 0.5) is 0 Å². The minimum Gasteiger partial charge on any atom is -0.339 e. The molecule has 0 N–H and O–H groups in total. The zero-order chi connectivity index (χ0) is 20.1. The molecule has 1 aliphatic rings. The van der Waals surface area contributed by atoms with E-state index in [1.807, 2.05) is 48.2 Å². The van der Waals surface area contributed by atoms with E-state index in [1.165, 1.54) is 17.3 Å². The molecule has 1 fully saturated rings. The largest absolute Gasteiger partial charge is 0.339 e. The van der Waals surface area contributed by atoms with Gasteiger partial charge >= 0.3 is 0 Å². The topological polar surface area (TPSA) is 67.2 Å². The quantitative estimate of drug-likeness (QED) is 0.584. The van der Waals surface area contributed by atoms with Gasteiger partial charge in [-0.2, -0.15) is 4.68 Å². The molecule has 4 rings (SSSR count). The molecule has 2 aromatic carbocycles. The van der Waals surface area contributed by atoms with Crippen molar-refractivity contribution < 1.29 is 4.79 Å². The van der Waals surface area contributed by atoms with Crippen LogP contribution in [0.5, 0.6) is 0 Å². The van der Waals surface area contributed by atoms with Crippen LogP contribution in [0.25, 0.3) is 5.69 Å². The highest BCUT2D eigenvalue weighted by molar-refractivity contribution is 8.00. The summed E-state index contributed by atoms with van der Waals surface area (Å²) in [6, 6.07) is 20.2. The highest BCUT2D eigenvalue weighted by Gasteiger charge is 2.27. The molecular weight excluding hydrogens is 384 g/mol. The van der Waals surface area contributed by atoms with Crippen LogP contribution in [-0.2, 0) is 11.3 Å². The second-order valence-electron chi connectivity index (χ2n) is 7.06. The van der Waals surface area contributed by atoms with Crippen LogP contribution in [0.3, 0.4) is 0 Å². The summed E-state index contributed by atoms with van der Waals surface area (Å²) in [6.45, 7) is 6.13. The molecule has 0 spiro atoms. The number of amides is 1. The number of hydrogen-bond donors (Lipinski definition) is 0. The molecule has 0 bridgehead atoms. The first-order chi connectivity index (χ1) is 14.2. The molecule has 1 unspecified atom stereocenters. The van der Waals surface area contributed by atoms with Crippen molar-refractivity contribution in [1.82, 2.24) is 30.0 Å². The standard InChI is InChI=1S/C21H24N6OS/c1-17(29-21-22-23-24-27(21)19-10-6-3-7-11-19)20(28)26-14-12-25(13-15-26)16-18-8-4-2-5-9-18/h2-11,17H,12-16H2,1H3. The lowest BCUT2D eigenvalue weighted by molar-refractivity contribution is -0.132. The summed E-state index contributed by atoms with van der Waals surface area (Å²) in [4.78, 5) is 17.3. The predicted octanol–water partition coefficient (Wildman–Crippen LogP) is 2.49. The van der Waals surface area contributed by atoms with Gasteiger partial charge in [0.15, 0.2) is 0 Å². The molecule has 2 heterocycles. The van der Waals surface area contributed by atoms with Gasteiger partial charge in [0, 0.05) is 32.7 Å². The SMILES string of the molecule is CC(Sc1nnnn1-c1ccccc1)C(=O)N1CCN(Cc2ccccc2)CC1. The maximum Gasteiger partial charge on any atom is 0.235 e. The number of rotatable bonds is 6. The Hall–Kier alpha value is -2.71. The van der Waals surface area contributed by atoms with E-state index in [1.54, 1.807) is 4.68 Å². The van der Waals surface area contributed by atoms with E-state index < -0.39 is 0 Å². The number of tetrazole rings is 1. The minimum atomic E-state index is -0.246. The van der Waals surface area contributed by atoms with E-state index in [0.29, 0.717) is 5.16 Å². The van der Waals surface area contributed by atoms with Crippen molar-refractivity contribution in [3.63, 3.8) is 0 Å². The second-order valence-corrected chi connectivity index (χ2v) is 8.36. The lowest BCUT2D eigenvalue weighted by Crippen LogP contribution is -2.50. The van der Waals surface area contributed by atoms with Crippen molar-refractivity contribution in [1.29, 1.82) is 0 Å². The number of aromatic nitrogens is 4. The van der Waals surface area contributed by atoms with Gasteiger partial charge in [-0.1, -0.05) is 60.3 Å². The molecule has 1 amide bonds. The Bertz CT molecular complexity index is 925. The number of nitrogens with zero attached hydrogens (tertiary/aromatic N) is 6. The summed E-state index contributed by atoms with van der Waals surface area (Å²) in [5, 5.41) is 12.3. The van der Waals surface area contributed by atoms with Gasteiger partial charge in [-0.15, -0.1) is 5.10 Å². The Labute approximate surface area is 174 Å². The van der Waals surface area contributed by atoms with E-state index in [2.05, 4.69) is 44.7 Å². The number of para-hydroxylation sites is 1. The fourth-order valence-electron chi connectivity index (χ4n) is 3.42. The molecule has 0 saturated carbocycles. The molecule has 1 saturated heterocycles. The third kappa shape index (κ3) is 4.83. The van der Waals surface area contributed by atoms with Crippen LogP contribution < -0.4 is 0 Å². The molecule has 150 valence electrons. The van der Waals surface area contributed by atoms with Crippen LogP contribution in [-0.4, -0.2) is 67.3 Å². The zero-order valence-corrected chi connectivity index (χ0v) is 17.2. The third-order valence-corrected chi connectivity index (χ3v) is 6.03. The van der Waals surface area contributed by atoms with Gasteiger partial charge in [0.2, 0.25) is 11.1 Å². The van der Waals surface area contributed by atoms with Gasteiger partial charge in [0.05, 0.1) is 10.9 Å². The zero-order valence-electron chi connectivity index (χ0n) is 16.4. The predicted molar refractivity (Wildman–Crippen MR) is 113 cm³/mol. The van der Waals surface area contributed by atoms with Crippen molar-refractivity contribution in [3.8, 4) is 5.69 Å². The lowest BCUT2D eigenvalue weighted by atomic mass is 10.2. The Morgan fingerprint density at radius 1 is 1.00 bits per heavy atom. The first kappa shape index (κ1) is 19.6. The molecule has 8 heteroatoms. The molecule has 0 radical (unpaired) electrons. The molecular formula is C21H24N6OS. The number of carbonyl (C=O) groups excluding carboxylic acids is 1. The molecule has 1 atom stereocenters. The monoisotopic (exact) mass is 408 g/mol. The molecule has 7 nitrogen and oxygen atoms in total. The Morgan fingerprint density at radius 2 is 1.66 bits per heavy atom. The average Bonchev–Trinajstić information content (AvgIpc) is 3.23. The highest BCUT2D eigenvalue weighted by atomic mass is 32.2. The summed E-state index contributed by atoms with van der Waals surface area (Å²) < 4.78 is 1.67. The number of benzene rings is 2. The van der Waals surface area contributed by atoms with Crippen molar-refractivity contribution in [2.75, 3.05) is 26.2 Å². The first-order valence-corrected chi connectivity index (χ1v) is 10.6. The molecule has 29 heavy (non-hydrogen) atoms. The summed E-state index contributed by atoms with van der Waals surface area (Å²) in [6.07, 6.45) is 0. The number of hydrogen-bond acceptors (Lipinski definition) is 6. The number of carbonyl (C=O) groups is 1. The van der Waals surface area contributed by atoms with Crippen molar-refractivity contribution in [2.45, 2.75) is 23.9 Å². The number of thioether (sulfide) groups is 1. The van der Waals surface area contributed by atoms with Gasteiger partial charge in [-0.05, 0) is 35.0 Å². The van der Waals surface area contributed by atoms with E-state index >= 15 is 0 Å². The molecule has 0 aliphatic carbocycles. The van der Waals surface area contributed by atoms with Crippen LogP contribution in [0.1, 0.15) is 12.5 Å². The maximum absolute atomic E-state index is 12.9. The third-order valence-electron chi connectivity index (χ3n) is 5.00. The lowest BCUT2D eigenvalue weighted by Gasteiger charge is -2.35. The van der Waals surface area contributed by atoms with Gasteiger partial charge < -0.3 is 4.90 Å². The molecule has 3 aromatic rings. The highest BCUT2D eigenvalue weighted by Crippen LogP contribution is 2.24. The van der Waals surface area contributed by atoms with E-state index in [9.17, 15) is 4.79 Å². The van der Waals surface area contributed by atoms with Crippen LogP contribution in [0, 0.1) is 0 Å². The van der Waals surface area contributed by atoms with Crippen molar-refractivity contribution >= 4 is 17.7 Å². The van der Waals surface area contributed by atoms with Crippen molar-refractivity contribution in [2.24, 2.45) is 0 Å². The fraction of sp³-hybridized carbons (Fsp3) is 0.333. The minimum absolute atomic E-state index is 0.136. The second kappa shape index (κ2) is 9.19. The summed E-state index contributed by atoms with van der Waals surface area (Å²) in [5.74, 6) is 0.136. The Morgan fingerprint density at radius 3 is 2.34 bits per heavy atom. The van der Waals surface area contributed by atoms with E-state index in [0.717, 1.165) is 38.4 Å². The van der Waals surface area contributed by atoms with E-state index in [-0.39, 0.29) is 11.2 Å². The molecule has 1 aromatic heterocycles. The smallest absolute Gasteiger partial charge is 0.235 e. The van der Waals surface area contributed by atoms with Gasteiger partial charge in [0.1, 0.15) is 0 Å². The number of piperazine rings is 1. The summed E-state index contributed by atoms with van der Waals surface area (Å²) >= 11 is 1.40. The summed E-state index contributed by atoms with van der Waals surface area (Å²) in [5.41, 5.74) is 2.19. The molecule has 1 aliphatic heterocycles. The summed E-state index contributed by atoms with van der Waals surface area (Å²) in [7, 11) is 0. The van der Waals surface area contributed by atoms with Gasteiger partial charge in [-0.25, -0.2) is 0 Å². The van der Waals surface area contributed by atoms with Crippen molar-refractivity contribution in [3.05, 3.63) is 66.2 Å². The normalized spacial score (nSPS) is 16.0. The van der Waals surface area contributed by atoms with Crippen LogP contribution in [0.2, 0.25) is 0 Å². The van der Waals surface area contributed by atoms with Crippen LogP contribution in [0.15, 0.2) is 65.8 Å². The van der Waals surface area contributed by atoms with Gasteiger partial charge in [-0.3, -0.25) is 9.69 Å². The van der Waals surface area contributed by atoms with Gasteiger partial charge in [0.25, 0.3) is 0 Å². The average molecular weight is 409 g/mol. The fourth-order valence-corrected chi connectivity index (χ4v) is 4.31. The van der Waals surface area contributed by atoms with E-state index in [4.69, 9.17) is 0 Å². The Kier molecular flexibility index (Phi) is 6.21. The Balaban J connectivity index is 1.32. The maximum atomic E-state index is 12.9.